The Bertz CT molecular complexity index is 1090. The van der Waals surface area contributed by atoms with E-state index in [0.29, 0.717) is 16.6 Å². The number of aromatic nitrogens is 3. The van der Waals surface area contributed by atoms with Crippen molar-refractivity contribution in [2.24, 2.45) is 0 Å². The summed E-state index contributed by atoms with van der Waals surface area (Å²) in [6.45, 7) is 0. The third-order valence-electron chi connectivity index (χ3n) is 3.51. The number of carboxylic acids is 1. The van der Waals surface area contributed by atoms with E-state index < -0.39 is 5.97 Å². The van der Waals surface area contributed by atoms with Crippen molar-refractivity contribution in [3.05, 3.63) is 58.5 Å². The van der Waals surface area contributed by atoms with Crippen LogP contribution in [0.3, 0.4) is 0 Å². The molecule has 0 amide bonds. The Balaban J connectivity index is 2.24. The first kappa shape index (κ1) is 11.7. The number of hydrogen-bond acceptors (Lipinski definition) is 3. The maximum absolute atomic E-state index is 12.3. The van der Waals surface area contributed by atoms with Gasteiger partial charge in [0.1, 0.15) is 0 Å². The van der Waals surface area contributed by atoms with Gasteiger partial charge in [0.25, 0.3) is 0 Å². The smallest absolute Gasteiger partial charge is 0.335 e. The molecule has 102 valence electrons. The number of carboxylic acid groups (broad SMARTS) is 1. The van der Waals surface area contributed by atoms with Crippen molar-refractivity contribution in [2.75, 3.05) is 0 Å². The fraction of sp³-hybridized carbons (Fsp3) is 0. The van der Waals surface area contributed by atoms with Crippen LogP contribution in [0.2, 0.25) is 0 Å². The number of nitrogens with zero attached hydrogens (tertiary/aromatic N) is 2. The van der Waals surface area contributed by atoms with E-state index >= 15 is 0 Å². The summed E-state index contributed by atoms with van der Waals surface area (Å²) >= 11 is 0. The standard InChI is InChI=1S/C15H9N3O3/c19-14(20)8-5-6-9-11(7-8)17-15(21)18-12-4-2-1-3-10(12)16-13(9)18/h1-7H,(H,17,21)(H,19,20). The van der Waals surface area contributed by atoms with Crippen molar-refractivity contribution in [3.8, 4) is 0 Å². The second-order valence-electron chi connectivity index (χ2n) is 4.76. The van der Waals surface area contributed by atoms with Gasteiger partial charge in [-0.25, -0.2) is 19.0 Å². The highest BCUT2D eigenvalue weighted by molar-refractivity contribution is 5.99. The summed E-state index contributed by atoms with van der Waals surface area (Å²) in [5.41, 5.74) is 2.21. The van der Waals surface area contributed by atoms with Crippen molar-refractivity contribution in [3.63, 3.8) is 0 Å². The van der Waals surface area contributed by atoms with Gasteiger partial charge in [0.15, 0.2) is 5.65 Å². The van der Waals surface area contributed by atoms with Crippen LogP contribution in [-0.4, -0.2) is 25.4 Å². The zero-order valence-corrected chi connectivity index (χ0v) is 10.7. The molecule has 0 bridgehead atoms. The molecule has 0 radical (unpaired) electrons. The van der Waals surface area contributed by atoms with Crippen molar-refractivity contribution < 1.29 is 9.90 Å². The van der Waals surface area contributed by atoms with Gasteiger partial charge in [-0.3, -0.25) is 0 Å². The van der Waals surface area contributed by atoms with Crippen LogP contribution < -0.4 is 5.69 Å². The number of rotatable bonds is 1. The van der Waals surface area contributed by atoms with Crippen LogP contribution in [0.1, 0.15) is 10.4 Å². The minimum absolute atomic E-state index is 0.124. The van der Waals surface area contributed by atoms with Crippen molar-refractivity contribution >= 4 is 33.6 Å². The number of imidazole rings is 1. The van der Waals surface area contributed by atoms with Crippen LogP contribution in [0, 0.1) is 0 Å². The first-order valence-electron chi connectivity index (χ1n) is 6.32. The molecule has 2 heterocycles. The summed E-state index contributed by atoms with van der Waals surface area (Å²) < 4.78 is 1.50. The summed E-state index contributed by atoms with van der Waals surface area (Å²) in [6.07, 6.45) is 0. The van der Waals surface area contributed by atoms with Gasteiger partial charge in [-0.1, -0.05) is 12.1 Å². The molecule has 0 fully saturated rings. The van der Waals surface area contributed by atoms with Crippen molar-refractivity contribution in [1.82, 2.24) is 14.4 Å². The molecule has 2 aromatic carbocycles. The number of aromatic carboxylic acids is 1. The Morgan fingerprint density at radius 3 is 2.81 bits per heavy atom. The number of carbonyl (C=O) groups is 1. The molecule has 0 aliphatic rings. The highest BCUT2D eigenvalue weighted by atomic mass is 16.4. The Morgan fingerprint density at radius 2 is 2.00 bits per heavy atom. The average Bonchev–Trinajstić information content (AvgIpc) is 2.86. The number of benzene rings is 2. The van der Waals surface area contributed by atoms with Crippen LogP contribution in [0.4, 0.5) is 0 Å². The summed E-state index contributed by atoms with van der Waals surface area (Å²) in [6, 6.07) is 12.0. The maximum atomic E-state index is 12.3. The minimum Gasteiger partial charge on any atom is -0.478 e. The van der Waals surface area contributed by atoms with Crippen LogP contribution in [-0.2, 0) is 0 Å². The number of hydrogen-bond donors (Lipinski definition) is 2. The Kier molecular flexibility index (Phi) is 2.18. The summed E-state index contributed by atoms with van der Waals surface area (Å²) in [4.78, 5) is 30.5. The van der Waals surface area contributed by atoms with Gasteiger partial charge in [0, 0.05) is 5.39 Å². The van der Waals surface area contributed by atoms with Gasteiger partial charge < -0.3 is 10.1 Å². The van der Waals surface area contributed by atoms with E-state index in [2.05, 4.69) is 9.97 Å². The van der Waals surface area contributed by atoms with E-state index in [1.165, 1.54) is 16.5 Å². The van der Waals surface area contributed by atoms with Crippen LogP contribution in [0.25, 0.3) is 27.6 Å². The normalized spacial score (nSPS) is 11.4. The zero-order chi connectivity index (χ0) is 14.6. The van der Waals surface area contributed by atoms with E-state index in [4.69, 9.17) is 5.11 Å². The van der Waals surface area contributed by atoms with Gasteiger partial charge in [-0.05, 0) is 30.3 Å². The van der Waals surface area contributed by atoms with Crippen LogP contribution >= 0.6 is 0 Å². The predicted octanol–water partition coefficient (Wildman–Crippen LogP) is 2.03. The lowest BCUT2D eigenvalue weighted by Crippen LogP contribution is -2.16. The third-order valence-corrected chi connectivity index (χ3v) is 3.51. The molecule has 6 heteroatoms. The molecule has 21 heavy (non-hydrogen) atoms. The average molecular weight is 279 g/mol. The van der Waals surface area contributed by atoms with Crippen molar-refractivity contribution in [1.29, 1.82) is 0 Å². The Morgan fingerprint density at radius 1 is 1.19 bits per heavy atom. The molecule has 2 aromatic heterocycles. The maximum Gasteiger partial charge on any atom is 0.335 e. The lowest BCUT2D eigenvalue weighted by Gasteiger charge is -2.02. The number of para-hydroxylation sites is 2. The van der Waals surface area contributed by atoms with Gasteiger partial charge in [-0.2, -0.15) is 0 Å². The van der Waals surface area contributed by atoms with Gasteiger partial charge in [-0.15, -0.1) is 0 Å². The van der Waals surface area contributed by atoms with Gasteiger partial charge in [0.05, 0.1) is 22.1 Å². The molecule has 2 N–H and O–H groups in total. The Labute approximate surface area is 117 Å². The SMILES string of the molecule is O=C(O)c1ccc2c(c1)[nH]c(=O)n1c3ccccc3nc21. The predicted molar refractivity (Wildman–Crippen MR) is 77.8 cm³/mol. The number of H-pyrrole nitrogens is 1. The highest BCUT2D eigenvalue weighted by Gasteiger charge is 2.12. The molecule has 0 atom stereocenters. The molecule has 4 aromatic rings. The fourth-order valence-corrected chi connectivity index (χ4v) is 2.56. The molecule has 0 aliphatic heterocycles. The fourth-order valence-electron chi connectivity index (χ4n) is 2.56. The molecule has 0 saturated heterocycles. The van der Waals surface area contributed by atoms with Crippen molar-refractivity contribution in [2.45, 2.75) is 0 Å². The summed E-state index contributed by atoms with van der Waals surface area (Å²) in [5, 5.41) is 9.73. The first-order chi connectivity index (χ1) is 10.1. The molecule has 0 saturated carbocycles. The van der Waals surface area contributed by atoms with Gasteiger partial charge >= 0.3 is 11.7 Å². The summed E-state index contributed by atoms with van der Waals surface area (Å²) in [5.74, 6) is -1.04. The lowest BCUT2D eigenvalue weighted by molar-refractivity contribution is 0.0697. The quantitative estimate of drug-likeness (QED) is 0.558. The van der Waals surface area contributed by atoms with E-state index in [1.54, 1.807) is 6.07 Å². The molecule has 0 spiro atoms. The second-order valence-corrected chi connectivity index (χ2v) is 4.76. The molecular weight excluding hydrogens is 270 g/mol. The Hall–Kier alpha value is -3.15. The monoisotopic (exact) mass is 279 g/mol. The summed E-state index contributed by atoms with van der Waals surface area (Å²) in [7, 11) is 0. The lowest BCUT2D eigenvalue weighted by atomic mass is 10.1. The molecule has 6 nitrogen and oxygen atoms in total. The van der Waals surface area contributed by atoms with E-state index in [-0.39, 0.29) is 11.3 Å². The third kappa shape index (κ3) is 1.56. The molecule has 0 unspecified atom stereocenters. The molecule has 0 aliphatic carbocycles. The largest absolute Gasteiger partial charge is 0.478 e. The first-order valence-corrected chi connectivity index (χ1v) is 6.32. The molecule has 4 rings (SSSR count). The van der Waals surface area contributed by atoms with E-state index in [1.807, 2.05) is 24.3 Å². The molecular formula is C15H9N3O3. The topological polar surface area (TPSA) is 87.5 Å². The van der Waals surface area contributed by atoms with E-state index in [0.717, 1.165) is 11.0 Å². The second kappa shape index (κ2) is 3.92. The van der Waals surface area contributed by atoms with E-state index in [9.17, 15) is 9.59 Å². The highest BCUT2D eigenvalue weighted by Crippen LogP contribution is 2.21. The number of nitrogens with one attached hydrogen (secondary N) is 1. The zero-order valence-electron chi connectivity index (χ0n) is 10.7. The van der Waals surface area contributed by atoms with Crippen LogP contribution in [0.5, 0.6) is 0 Å². The minimum atomic E-state index is -1.04. The van der Waals surface area contributed by atoms with Crippen LogP contribution in [0.15, 0.2) is 47.3 Å². The number of fused-ring (bicyclic) bond motifs is 5. The number of aromatic amines is 1. The van der Waals surface area contributed by atoms with Gasteiger partial charge in [0.2, 0.25) is 0 Å².